The van der Waals surface area contributed by atoms with E-state index in [9.17, 15) is 0 Å². The highest BCUT2D eigenvalue weighted by Crippen LogP contribution is 2.27. The van der Waals surface area contributed by atoms with Crippen LogP contribution in [0.15, 0.2) is 12.1 Å². The van der Waals surface area contributed by atoms with Crippen LogP contribution in [-0.4, -0.2) is 30.8 Å². The highest BCUT2D eigenvalue weighted by atomic mass is 16.5. The first kappa shape index (κ1) is 14.9. The summed E-state index contributed by atoms with van der Waals surface area (Å²) < 4.78 is 11.1. The van der Waals surface area contributed by atoms with E-state index in [2.05, 4.69) is 24.1 Å². The van der Waals surface area contributed by atoms with Gasteiger partial charge in [0.15, 0.2) is 0 Å². The molecule has 3 N–H and O–H groups in total. The van der Waals surface area contributed by atoms with Crippen LogP contribution in [0.25, 0.3) is 0 Å². The molecule has 0 bridgehead atoms. The van der Waals surface area contributed by atoms with Crippen LogP contribution in [0.5, 0.6) is 5.88 Å². The molecular weight excluding hydrogens is 254 g/mol. The molecule has 1 heterocycles. The highest BCUT2D eigenvalue weighted by molar-refractivity contribution is 5.54. The van der Waals surface area contributed by atoms with E-state index in [0.717, 1.165) is 18.7 Å². The minimum absolute atomic E-state index is 0.259. The molecule has 1 aromatic heterocycles. The highest BCUT2D eigenvalue weighted by Gasteiger charge is 2.27. The van der Waals surface area contributed by atoms with Crippen molar-refractivity contribution in [3.05, 3.63) is 12.1 Å². The number of rotatable bonds is 6. The molecule has 1 aromatic rings. The lowest BCUT2D eigenvalue weighted by molar-refractivity contribution is 0.101. The van der Waals surface area contributed by atoms with Gasteiger partial charge in [0.05, 0.1) is 24.4 Å². The van der Waals surface area contributed by atoms with Gasteiger partial charge >= 0.3 is 0 Å². The molecule has 5 nitrogen and oxygen atoms in total. The maximum Gasteiger partial charge on any atom is 0.239 e. The second-order valence-corrected chi connectivity index (χ2v) is 5.75. The van der Waals surface area contributed by atoms with E-state index in [1.54, 1.807) is 7.11 Å². The fraction of sp³-hybridized carbons (Fsp3) is 0.667. The number of pyridine rings is 1. The molecule has 0 amide bonds. The van der Waals surface area contributed by atoms with E-state index in [-0.39, 0.29) is 6.10 Å². The summed E-state index contributed by atoms with van der Waals surface area (Å²) in [5.41, 5.74) is 6.47. The van der Waals surface area contributed by atoms with Crippen molar-refractivity contribution in [2.75, 3.05) is 24.8 Å². The van der Waals surface area contributed by atoms with Crippen molar-refractivity contribution in [3.63, 3.8) is 0 Å². The molecule has 2 atom stereocenters. The summed E-state index contributed by atoms with van der Waals surface area (Å²) >= 11 is 0. The molecule has 1 aliphatic rings. The number of nitrogens with one attached hydrogen (secondary N) is 1. The number of hydrogen-bond acceptors (Lipinski definition) is 5. The zero-order chi connectivity index (χ0) is 14.5. The molecule has 1 fully saturated rings. The zero-order valence-corrected chi connectivity index (χ0v) is 12.6. The van der Waals surface area contributed by atoms with Gasteiger partial charge in [-0.25, -0.2) is 0 Å². The lowest BCUT2D eigenvalue weighted by atomic mass is 10.2. The van der Waals surface area contributed by atoms with Gasteiger partial charge in [-0.05, 0) is 37.3 Å². The Hall–Kier alpha value is -1.49. The topological polar surface area (TPSA) is 69.4 Å². The van der Waals surface area contributed by atoms with Crippen LogP contribution in [0.4, 0.5) is 11.5 Å². The van der Waals surface area contributed by atoms with Crippen molar-refractivity contribution in [2.24, 2.45) is 5.92 Å². The second kappa shape index (κ2) is 6.79. The van der Waals surface area contributed by atoms with E-state index in [4.69, 9.17) is 15.2 Å². The number of nitrogens with zero attached hydrogens (tertiary/aromatic N) is 1. The van der Waals surface area contributed by atoms with Crippen LogP contribution in [0.3, 0.4) is 0 Å². The van der Waals surface area contributed by atoms with Crippen LogP contribution in [0, 0.1) is 5.92 Å². The number of nitrogens with two attached hydrogens (primary N) is 1. The standard InChI is InChI=1S/C15H25N3O2/c1-10(2)9-20-15-11(16)7-8-14(18-15)17-12-5-4-6-13(12)19-3/h7-8,10,12-13H,4-6,9,16H2,1-3H3,(H,17,18). The van der Waals surface area contributed by atoms with Crippen molar-refractivity contribution in [2.45, 2.75) is 45.3 Å². The first-order valence-corrected chi connectivity index (χ1v) is 7.28. The van der Waals surface area contributed by atoms with E-state index >= 15 is 0 Å². The Bertz CT molecular complexity index is 437. The Morgan fingerprint density at radius 2 is 2.20 bits per heavy atom. The number of nitrogen functional groups attached to an aromatic ring is 1. The first-order chi connectivity index (χ1) is 9.60. The summed E-state index contributed by atoms with van der Waals surface area (Å²) in [6, 6.07) is 4.04. The molecule has 0 saturated heterocycles. The largest absolute Gasteiger partial charge is 0.476 e. The van der Waals surface area contributed by atoms with E-state index < -0.39 is 0 Å². The van der Waals surface area contributed by atoms with Gasteiger partial charge < -0.3 is 20.5 Å². The molecule has 0 spiro atoms. The maximum atomic E-state index is 5.90. The first-order valence-electron chi connectivity index (χ1n) is 7.28. The van der Waals surface area contributed by atoms with Crippen molar-refractivity contribution >= 4 is 11.5 Å². The predicted octanol–water partition coefficient (Wildman–Crippen LogP) is 2.68. The van der Waals surface area contributed by atoms with Gasteiger partial charge in [-0.1, -0.05) is 13.8 Å². The molecule has 0 aliphatic heterocycles. The molecule has 1 saturated carbocycles. The predicted molar refractivity (Wildman–Crippen MR) is 81.0 cm³/mol. The van der Waals surface area contributed by atoms with Crippen LogP contribution in [0.2, 0.25) is 0 Å². The van der Waals surface area contributed by atoms with Crippen LogP contribution >= 0.6 is 0 Å². The van der Waals surface area contributed by atoms with Gasteiger partial charge in [0.1, 0.15) is 5.82 Å². The van der Waals surface area contributed by atoms with Crippen LogP contribution < -0.4 is 15.8 Å². The molecule has 112 valence electrons. The quantitative estimate of drug-likeness (QED) is 0.838. The van der Waals surface area contributed by atoms with Gasteiger partial charge in [-0.2, -0.15) is 4.98 Å². The second-order valence-electron chi connectivity index (χ2n) is 5.75. The Kier molecular flexibility index (Phi) is 5.06. The van der Waals surface area contributed by atoms with E-state index in [1.807, 2.05) is 12.1 Å². The molecule has 2 unspecified atom stereocenters. The molecule has 2 rings (SSSR count). The van der Waals surface area contributed by atoms with Gasteiger partial charge in [0.25, 0.3) is 0 Å². The lowest BCUT2D eigenvalue weighted by Crippen LogP contribution is -2.30. The van der Waals surface area contributed by atoms with Crippen molar-refractivity contribution in [1.29, 1.82) is 0 Å². The summed E-state index contributed by atoms with van der Waals surface area (Å²) in [5.74, 6) is 1.75. The summed E-state index contributed by atoms with van der Waals surface area (Å²) in [5, 5.41) is 3.43. The zero-order valence-electron chi connectivity index (χ0n) is 12.6. The normalized spacial score (nSPS) is 22.2. The van der Waals surface area contributed by atoms with Gasteiger partial charge in [-0.15, -0.1) is 0 Å². The van der Waals surface area contributed by atoms with Gasteiger partial charge in [0.2, 0.25) is 5.88 Å². The lowest BCUT2D eigenvalue weighted by Gasteiger charge is -2.20. The molecule has 1 aliphatic carbocycles. The van der Waals surface area contributed by atoms with E-state index in [0.29, 0.717) is 30.1 Å². The summed E-state index contributed by atoms with van der Waals surface area (Å²) in [7, 11) is 1.76. The van der Waals surface area contributed by atoms with Gasteiger partial charge in [-0.3, -0.25) is 0 Å². The Labute approximate surface area is 120 Å². The number of anilines is 2. The number of aromatic nitrogens is 1. The fourth-order valence-corrected chi connectivity index (χ4v) is 2.46. The SMILES string of the molecule is COC1CCCC1Nc1ccc(N)c(OCC(C)C)n1. The Balaban J connectivity index is 2.03. The number of methoxy groups -OCH3 is 1. The Morgan fingerprint density at radius 1 is 1.40 bits per heavy atom. The maximum absolute atomic E-state index is 5.90. The Morgan fingerprint density at radius 3 is 2.90 bits per heavy atom. The third kappa shape index (κ3) is 3.76. The minimum Gasteiger partial charge on any atom is -0.476 e. The number of ether oxygens (including phenoxy) is 2. The third-order valence-corrected chi connectivity index (χ3v) is 3.53. The fourth-order valence-electron chi connectivity index (χ4n) is 2.46. The molecule has 0 radical (unpaired) electrons. The molecule has 5 heteroatoms. The van der Waals surface area contributed by atoms with Crippen molar-refractivity contribution in [3.8, 4) is 5.88 Å². The van der Waals surface area contributed by atoms with Crippen LogP contribution in [0.1, 0.15) is 33.1 Å². The smallest absolute Gasteiger partial charge is 0.239 e. The molecule has 20 heavy (non-hydrogen) atoms. The third-order valence-electron chi connectivity index (χ3n) is 3.53. The van der Waals surface area contributed by atoms with Gasteiger partial charge in [0, 0.05) is 7.11 Å². The van der Waals surface area contributed by atoms with Crippen molar-refractivity contribution in [1.82, 2.24) is 4.98 Å². The summed E-state index contributed by atoms with van der Waals surface area (Å²) in [6.07, 6.45) is 3.64. The monoisotopic (exact) mass is 279 g/mol. The minimum atomic E-state index is 0.259. The summed E-state index contributed by atoms with van der Waals surface area (Å²) in [4.78, 5) is 4.46. The molecular formula is C15H25N3O2. The average molecular weight is 279 g/mol. The van der Waals surface area contributed by atoms with Crippen LogP contribution in [-0.2, 0) is 4.74 Å². The number of hydrogen-bond donors (Lipinski definition) is 2. The van der Waals surface area contributed by atoms with Crippen molar-refractivity contribution < 1.29 is 9.47 Å². The summed E-state index contributed by atoms with van der Waals surface area (Å²) in [6.45, 7) is 4.81. The molecule has 0 aromatic carbocycles. The average Bonchev–Trinajstić information content (AvgIpc) is 2.86. The van der Waals surface area contributed by atoms with E-state index in [1.165, 1.54) is 6.42 Å².